The third-order valence-corrected chi connectivity index (χ3v) is 12.7. The Morgan fingerprint density at radius 3 is 1.87 bits per heavy atom. The molecule has 2 unspecified atom stereocenters. The number of benzene rings is 4. The van der Waals surface area contributed by atoms with Crippen LogP contribution in [0.4, 0.5) is 13.6 Å². The minimum Gasteiger partial charge on any atom is -0.495 e. The molecule has 1 N–H and O–H groups in total. The molecule has 68 heavy (non-hydrogen) atoms. The highest BCUT2D eigenvalue weighted by Crippen LogP contribution is 2.40. The number of urea groups is 1. The molecular formula is C52H51F2N9O5. The van der Waals surface area contributed by atoms with E-state index < -0.39 is 5.54 Å². The lowest BCUT2D eigenvalue weighted by molar-refractivity contribution is -0.130. The van der Waals surface area contributed by atoms with E-state index in [1.54, 1.807) is 68.0 Å². The van der Waals surface area contributed by atoms with Crippen LogP contribution in [0.15, 0.2) is 131 Å². The van der Waals surface area contributed by atoms with Crippen molar-refractivity contribution in [3.05, 3.63) is 166 Å². The lowest BCUT2D eigenvalue weighted by Crippen LogP contribution is -2.59. The van der Waals surface area contributed by atoms with Gasteiger partial charge < -0.3 is 28.6 Å². The number of fused-ring (bicyclic) bond motifs is 2. The maximum Gasteiger partial charge on any atom is 0.326 e. The molecule has 16 heteroatoms. The minimum atomic E-state index is -1.09. The topological polar surface area (TPSA) is 143 Å². The number of aryl methyl sites for hydroxylation is 2. The van der Waals surface area contributed by atoms with Crippen LogP contribution < -0.4 is 9.47 Å². The molecule has 2 saturated heterocycles. The Morgan fingerprint density at radius 1 is 0.750 bits per heavy atom. The molecule has 0 aliphatic carbocycles. The molecule has 10 rings (SSSR count). The van der Waals surface area contributed by atoms with Crippen LogP contribution in [0.25, 0.3) is 23.5 Å². The van der Waals surface area contributed by atoms with E-state index in [9.17, 15) is 23.5 Å². The zero-order valence-corrected chi connectivity index (χ0v) is 38.4. The van der Waals surface area contributed by atoms with Gasteiger partial charge in [0.15, 0.2) is 0 Å². The van der Waals surface area contributed by atoms with Crippen LogP contribution in [0.1, 0.15) is 58.9 Å². The van der Waals surface area contributed by atoms with Crippen molar-refractivity contribution in [1.82, 2.24) is 33.8 Å². The summed E-state index contributed by atoms with van der Waals surface area (Å²) in [4.78, 5) is 49.1. The normalized spacial score (nSPS) is 20.2. The molecule has 14 nitrogen and oxygen atoms in total. The first-order valence-corrected chi connectivity index (χ1v) is 22.3. The Morgan fingerprint density at radius 2 is 1.32 bits per heavy atom. The second kappa shape index (κ2) is 18.9. The van der Waals surface area contributed by atoms with Gasteiger partial charge in [0.1, 0.15) is 40.3 Å². The summed E-state index contributed by atoms with van der Waals surface area (Å²) in [5.41, 5.74) is 7.79. The van der Waals surface area contributed by atoms with E-state index in [1.165, 1.54) is 29.2 Å². The van der Waals surface area contributed by atoms with E-state index in [-0.39, 0.29) is 42.8 Å². The molecule has 2 aromatic heterocycles. The first-order chi connectivity index (χ1) is 32.9. The van der Waals surface area contributed by atoms with Gasteiger partial charge in [-0.15, -0.1) is 0 Å². The summed E-state index contributed by atoms with van der Waals surface area (Å²) in [5.74, 6) is 2.05. The SMILES string of the molecule is COc1cc(/C=C2\CCC(=O)N3C2=NCCC3c2ccc(F)cc2)ccc1-n1cnc(C)c1.COc1cc(/C=C2\CN(C)C(=O)N3C2=NCC3(CO)c2ccc(F)cc2)ccc1-n1cnc(C)c1. The third-order valence-electron chi connectivity index (χ3n) is 12.7. The number of ether oxygens (including phenoxy) is 2. The summed E-state index contributed by atoms with van der Waals surface area (Å²) in [7, 11) is 4.98. The number of aliphatic hydroxyl groups is 1. The van der Waals surface area contributed by atoms with Crippen LogP contribution in [-0.4, -0.2) is 110 Å². The summed E-state index contributed by atoms with van der Waals surface area (Å²) in [5, 5.41) is 10.4. The van der Waals surface area contributed by atoms with Gasteiger partial charge in [-0.3, -0.25) is 24.6 Å². The first kappa shape index (κ1) is 45.4. The number of carbonyl (C=O) groups is 2. The van der Waals surface area contributed by atoms with Gasteiger partial charge in [0.05, 0.1) is 75.4 Å². The number of aliphatic hydroxyl groups excluding tert-OH is 1. The van der Waals surface area contributed by atoms with Gasteiger partial charge in [-0.05, 0) is 115 Å². The van der Waals surface area contributed by atoms with E-state index in [4.69, 9.17) is 14.5 Å². The lowest BCUT2D eigenvalue weighted by atomic mass is 9.89. The Balaban J connectivity index is 0.000000170. The highest BCUT2D eigenvalue weighted by molar-refractivity contribution is 6.14. The average molecular weight is 920 g/mol. The van der Waals surface area contributed by atoms with Crippen LogP contribution in [0.5, 0.6) is 11.5 Å². The number of nitrogens with zero attached hydrogens (tertiary/aromatic N) is 9. The molecule has 3 amide bonds. The number of amidine groups is 2. The fraction of sp³-hybridized carbons (Fsp3) is 0.269. The molecule has 4 aromatic carbocycles. The molecule has 2 atom stereocenters. The van der Waals surface area contributed by atoms with Gasteiger partial charge in [-0.25, -0.2) is 23.5 Å². The summed E-state index contributed by atoms with van der Waals surface area (Å²) in [6.45, 7) is 4.70. The Labute approximate surface area is 392 Å². The molecule has 2 fully saturated rings. The minimum absolute atomic E-state index is 0.0586. The van der Waals surface area contributed by atoms with Crippen molar-refractivity contribution < 1.29 is 33.0 Å². The fourth-order valence-electron chi connectivity index (χ4n) is 9.24. The van der Waals surface area contributed by atoms with E-state index >= 15 is 0 Å². The summed E-state index contributed by atoms with van der Waals surface area (Å²) in [6.07, 6.45) is 13.2. The van der Waals surface area contributed by atoms with E-state index in [0.717, 1.165) is 68.6 Å². The predicted molar refractivity (Wildman–Crippen MR) is 255 cm³/mol. The van der Waals surface area contributed by atoms with E-state index in [0.29, 0.717) is 43.1 Å². The molecule has 348 valence electrons. The third kappa shape index (κ3) is 8.70. The van der Waals surface area contributed by atoms with Crippen molar-refractivity contribution in [1.29, 1.82) is 0 Å². The quantitative estimate of drug-likeness (QED) is 0.154. The Kier molecular flexibility index (Phi) is 12.6. The second-order valence-corrected chi connectivity index (χ2v) is 17.2. The number of amides is 3. The summed E-state index contributed by atoms with van der Waals surface area (Å²) >= 11 is 0. The number of piperidine rings is 1. The molecular weight excluding hydrogens is 869 g/mol. The standard InChI is InChI=1S/C26H26FN5O3.C26H25FN4O2/c1-17-12-31(16-29-17)22-9-4-18(11-23(22)35-3)10-19-13-30(2)25(34)32-24(19)28-14-26(32,15-33)20-5-7-21(27)8-6-20;1-17-15-30(16-29-17)23-9-3-18(14-24(23)33-2)13-20-6-10-25(32)31-22(11-12-28-26(20)31)19-4-7-21(27)8-5-19/h4-12,16,33H,13-15H2,1-3H3;3-5,7-9,13-16,22H,6,10-12H2,1-2H3/b19-10+;20-13+. The molecule has 4 aliphatic heterocycles. The van der Waals surface area contributed by atoms with Crippen molar-refractivity contribution in [2.75, 3.05) is 47.5 Å². The molecule has 0 bridgehead atoms. The number of hydrogen-bond acceptors (Lipinski definition) is 9. The van der Waals surface area contributed by atoms with Gasteiger partial charge in [-0.1, -0.05) is 36.4 Å². The molecule has 6 heterocycles. The Bertz CT molecular complexity index is 3010. The maximum atomic E-state index is 13.6. The number of likely N-dealkylation sites (N-methyl/N-ethyl adjacent to an activating group) is 1. The second-order valence-electron chi connectivity index (χ2n) is 17.2. The van der Waals surface area contributed by atoms with Crippen molar-refractivity contribution in [3.63, 3.8) is 0 Å². The van der Waals surface area contributed by atoms with Gasteiger partial charge in [0.2, 0.25) is 5.91 Å². The molecule has 0 saturated carbocycles. The van der Waals surface area contributed by atoms with Crippen molar-refractivity contribution in [3.8, 4) is 22.9 Å². The average Bonchev–Trinajstić information content (AvgIpc) is 4.11. The number of halogens is 2. The maximum absolute atomic E-state index is 13.6. The zero-order chi connectivity index (χ0) is 47.7. The number of aromatic nitrogens is 4. The van der Waals surface area contributed by atoms with Crippen molar-refractivity contribution in [2.24, 2.45) is 9.98 Å². The van der Waals surface area contributed by atoms with Crippen molar-refractivity contribution in [2.45, 2.75) is 44.7 Å². The Hall–Kier alpha value is -7.72. The summed E-state index contributed by atoms with van der Waals surface area (Å²) < 4.78 is 42.1. The fourth-order valence-corrected chi connectivity index (χ4v) is 9.24. The van der Waals surface area contributed by atoms with Crippen LogP contribution in [-0.2, 0) is 10.3 Å². The number of rotatable bonds is 9. The van der Waals surface area contributed by atoms with Gasteiger partial charge >= 0.3 is 6.03 Å². The van der Waals surface area contributed by atoms with Crippen molar-refractivity contribution >= 4 is 35.8 Å². The van der Waals surface area contributed by atoms with E-state index in [2.05, 4.69) is 21.0 Å². The number of aliphatic imine (C=N–C) groups is 2. The van der Waals surface area contributed by atoms with Crippen LogP contribution in [0, 0.1) is 25.5 Å². The molecule has 0 spiro atoms. The molecule has 6 aromatic rings. The van der Waals surface area contributed by atoms with Gasteiger partial charge in [0, 0.05) is 38.0 Å². The predicted octanol–water partition coefficient (Wildman–Crippen LogP) is 8.26. The smallest absolute Gasteiger partial charge is 0.326 e. The largest absolute Gasteiger partial charge is 0.495 e. The molecule has 0 radical (unpaired) electrons. The summed E-state index contributed by atoms with van der Waals surface area (Å²) in [6, 6.07) is 23.7. The number of carbonyl (C=O) groups excluding carboxylic acids is 2. The number of imidazole rings is 2. The van der Waals surface area contributed by atoms with Crippen LogP contribution in [0.3, 0.4) is 0 Å². The van der Waals surface area contributed by atoms with Gasteiger partial charge in [-0.2, -0.15) is 0 Å². The number of methoxy groups -OCH3 is 2. The van der Waals surface area contributed by atoms with E-state index in [1.807, 2.05) is 77.8 Å². The first-order valence-electron chi connectivity index (χ1n) is 22.3. The number of hydrogen-bond donors (Lipinski definition) is 1. The zero-order valence-electron chi connectivity index (χ0n) is 38.4. The highest BCUT2D eigenvalue weighted by Gasteiger charge is 2.51. The highest BCUT2D eigenvalue weighted by atomic mass is 19.1. The van der Waals surface area contributed by atoms with Crippen LogP contribution in [0.2, 0.25) is 0 Å². The monoisotopic (exact) mass is 919 g/mol. The van der Waals surface area contributed by atoms with Crippen LogP contribution >= 0.6 is 0 Å². The lowest BCUT2D eigenvalue weighted by Gasteiger charge is -2.43. The molecule has 4 aliphatic rings. The van der Waals surface area contributed by atoms with Gasteiger partial charge in [0.25, 0.3) is 0 Å².